The monoisotopic (exact) mass is 370 g/mol. The highest BCUT2D eigenvalue weighted by Crippen LogP contribution is 2.38. The van der Waals surface area contributed by atoms with Gasteiger partial charge in [-0.1, -0.05) is 18.2 Å². The molecule has 6 nitrogen and oxygen atoms in total. The molecule has 2 aromatic rings. The van der Waals surface area contributed by atoms with E-state index in [0.717, 1.165) is 10.7 Å². The smallest absolute Gasteiger partial charge is 0.289 e. The standard InChI is InChI=1S/C19H18N2O4S/c22-16-10-19(18(24)20-16)8-9-21(12-19)17(23)15-7-6-13(25-15)11-26-14-4-2-1-3-5-14/h1-7H,8-12H2,(H,20,22,24). The Labute approximate surface area is 154 Å². The number of carbonyl (C=O) groups is 3. The molecule has 1 atom stereocenters. The van der Waals surface area contributed by atoms with E-state index in [9.17, 15) is 14.4 Å². The van der Waals surface area contributed by atoms with Crippen molar-refractivity contribution < 1.29 is 18.8 Å². The van der Waals surface area contributed by atoms with E-state index in [2.05, 4.69) is 5.32 Å². The lowest BCUT2D eigenvalue weighted by Gasteiger charge is -2.19. The van der Waals surface area contributed by atoms with Crippen molar-refractivity contribution in [1.82, 2.24) is 10.2 Å². The second kappa shape index (κ2) is 6.64. The molecule has 2 aliphatic rings. The van der Waals surface area contributed by atoms with Gasteiger partial charge in [-0.05, 0) is 30.7 Å². The fourth-order valence-electron chi connectivity index (χ4n) is 3.46. The number of likely N-dealkylation sites (tertiary alicyclic amines) is 1. The Bertz CT molecular complexity index is 863. The molecule has 0 saturated carbocycles. The minimum absolute atomic E-state index is 0.159. The molecule has 2 fully saturated rings. The lowest BCUT2D eigenvalue weighted by molar-refractivity contribution is -0.128. The molecular formula is C19H18N2O4S. The zero-order valence-corrected chi connectivity index (χ0v) is 14.9. The van der Waals surface area contributed by atoms with Gasteiger partial charge in [-0.25, -0.2) is 0 Å². The van der Waals surface area contributed by atoms with Gasteiger partial charge in [0.1, 0.15) is 5.76 Å². The SMILES string of the molecule is O=C1CC2(CCN(C(=O)c3ccc(CSc4ccccc4)o3)C2)C(=O)N1. The van der Waals surface area contributed by atoms with Crippen molar-refractivity contribution in [2.45, 2.75) is 23.5 Å². The number of thioether (sulfide) groups is 1. The Hall–Kier alpha value is -2.54. The average molecular weight is 370 g/mol. The van der Waals surface area contributed by atoms with Gasteiger partial charge < -0.3 is 9.32 Å². The molecule has 1 spiro atoms. The average Bonchev–Trinajstić information content (AvgIpc) is 3.34. The van der Waals surface area contributed by atoms with Crippen LogP contribution in [0.1, 0.15) is 29.2 Å². The molecule has 2 saturated heterocycles. The van der Waals surface area contributed by atoms with Crippen LogP contribution in [-0.2, 0) is 15.3 Å². The van der Waals surface area contributed by atoms with Crippen LogP contribution in [0.3, 0.4) is 0 Å². The lowest BCUT2D eigenvalue weighted by Crippen LogP contribution is -2.36. The summed E-state index contributed by atoms with van der Waals surface area (Å²) in [4.78, 5) is 38.9. The van der Waals surface area contributed by atoms with Gasteiger partial charge in [0.25, 0.3) is 5.91 Å². The van der Waals surface area contributed by atoms with Gasteiger partial charge in [0, 0.05) is 24.4 Å². The van der Waals surface area contributed by atoms with Crippen LogP contribution < -0.4 is 5.32 Å². The van der Waals surface area contributed by atoms with E-state index >= 15 is 0 Å². The third kappa shape index (κ3) is 3.14. The predicted octanol–water partition coefficient (Wildman–Crippen LogP) is 2.45. The van der Waals surface area contributed by atoms with Crippen molar-refractivity contribution in [2.75, 3.05) is 13.1 Å². The summed E-state index contributed by atoms with van der Waals surface area (Å²) >= 11 is 1.64. The summed E-state index contributed by atoms with van der Waals surface area (Å²) in [5.74, 6) is 0.878. The Morgan fingerprint density at radius 3 is 2.73 bits per heavy atom. The van der Waals surface area contributed by atoms with Crippen molar-refractivity contribution in [3.8, 4) is 0 Å². The number of furan rings is 1. The van der Waals surface area contributed by atoms with E-state index in [1.165, 1.54) is 0 Å². The number of nitrogens with zero attached hydrogens (tertiary/aromatic N) is 1. The number of imide groups is 1. The molecule has 3 amide bonds. The number of carbonyl (C=O) groups excluding carboxylic acids is 3. The third-order valence-electron chi connectivity index (χ3n) is 4.87. The van der Waals surface area contributed by atoms with Crippen molar-refractivity contribution in [2.24, 2.45) is 5.41 Å². The van der Waals surface area contributed by atoms with Gasteiger partial charge in [-0.3, -0.25) is 19.7 Å². The zero-order chi connectivity index (χ0) is 18.1. The largest absolute Gasteiger partial charge is 0.455 e. The highest BCUT2D eigenvalue weighted by atomic mass is 32.2. The molecule has 2 aliphatic heterocycles. The maximum Gasteiger partial charge on any atom is 0.289 e. The first-order valence-corrected chi connectivity index (χ1v) is 9.44. The molecule has 4 rings (SSSR count). The van der Waals surface area contributed by atoms with Crippen LogP contribution in [0.25, 0.3) is 0 Å². The highest BCUT2D eigenvalue weighted by molar-refractivity contribution is 7.98. The molecule has 0 bridgehead atoms. The molecular weight excluding hydrogens is 352 g/mol. The van der Waals surface area contributed by atoms with Gasteiger partial charge in [-0.15, -0.1) is 11.8 Å². The van der Waals surface area contributed by atoms with E-state index in [-0.39, 0.29) is 36.4 Å². The summed E-state index contributed by atoms with van der Waals surface area (Å²) < 4.78 is 5.70. The quantitative estimate of drug-likeness (QED) is 0.661. The molecule has 1 aromatic heterocycles. The van der Waals surface area contributed by atoms with Crippen LogP contribution in [0.4, 0.5) is 0 Å². The summed E-state index contributed by atoms with van der Waals surface area (Å²) in [7, 11) is 0. The second-order valence-corrected chi connectivity index (χ2v) is 7.73. The Kier molecular flexibility index (Phi) is 4.32. The molecule has 134 valence electrons. The molecule has 26 heavy (non-hydrogen) atoms. The first-order valence-electron chi connectivity index (χ1n) is 8.46. The normalized spacial score (nSPS) is 22.2. The third-order valence-corrected chi connectivity index (χ3v) is 5.91. The summed E-state index contributed by atoms with van der Waals surface area (Å²) in [5, 5.41) is 2.34. The molecule has 1 aromatic carbocycles. The minimum atomic E-state index is -0.759. The fraction of sp³-hybridized carbons (Fsp3) is 0.316. The van der Waals surface area contributed by atoms with Crippen LogP contribution in [0.5, 0.6) is 0 Å². The van der Waals surface area contributed by atoms with E-state index in [0.29, 0.717) is 18.7 Å². The van der Waals surface area contributed by atoms with Gasteiger partial charge in [0.05, 0.1) is 11.2 Å². The minimum Gasteiger partial charge on any atom is -0.455 e. The molecule has 0 aliphatic carbocycles. The molecule has 7 heteroatoms. The van der Waals surface area contributed by atoms with Gasteiger partial charge >= 0.3 is 0 Å². The Morgan fingerprint density at radius 2 is 2.00 bits per heavy atom. The summed E-state index contributed by atoms with van der Waals surface area (Å²) in [6, 6.07) is 13.5. The van der Waals surface area contributed by atoms with Crippen LogP contribution in [0.15, 0.2) is 51.8 Å². The van der Waals surface area contributed by atoms with E-state index < -0.39 is 5.41 Å². The zero-order valence-electron chi connectivity index (χ0n) is 14.1. The molecule has 1 N–H and O–H groups in total. The number of rotatable bonds is 4. The molecule has 0 radical (unpaired) electrons. The van der Waals surface area contributed by atoms with Crippen LogP contribution >= 0.6 is 11.8 Å². The van der Waals surface area contributed by atoms with Gasteiger partial charge in [0.2, 0.25) is 11.8 Å². The highest BCUT2D eigenvalue weighted by Gasteiger charge is 2.52. The van der Waals surface area contributed by atoms with Crippen LogP contribution in [-0.4, -0.2) is 35.7 Å². The van der Waals surface area contributed by atoms with E-state index in [1.807, 2.05) is 30.3 Å². The number of amides is 3. The van der Waals surface area contributed by atoms with Crippen LogP contribution in [0, 0.1) is 5.41 Å². The molecule has 3 heterocycles. The number of hydrogen-bond donors (Lipinski definition) is 1. The predicted molar refractivity (Wildman–Crippen MR) is 95.4 cm³/mol. The van der Waals surface area contributed by atoms with E-state index in [4.69, 9.17) is 4.42 Å². The lowest BCUT2D eigenvalue weighted by atomic mass is 9.85. The van der Waals surface area contributed by atoms with Crippen molar-refractivity contribution >= 4 is 29.5 Å². The topological polar surface area (TPSA) is 79.6 Å². The number of hydrogen-bond acceptors (Lipinski definition) is 5. The maximum absolute atomic E-state index is 12.7. The van der Waals surface area contributed by atoms with Crippen LogP contribution in [0.2, 0.25) is 0 Å². The fourth-order valence-corrected chi connectivity index (χ4v) is 4.28. The number of nitrogens with one attached hydrogen (secondary N) is 1. The van der Waals surface area contributed by atoms with Crippen molar-refractivity contribution in [3.05, 3.63) is 54.0 Å². The van der Waals surface area contributed by atoms with E-state index in [1.54, 1.807) is 28.8 Å². The first-order chi connectivity index (χ1) is 12.6. The maximum atomic E-state index is 12.7. The molecule has 1 unspecified atom stereocenters. The van der Waals surface area contributed by atoms with Gasteiger partial charge in [0.15, 0.2) is 5.76 Å². The summed E-state index contributed by atoms with van der Waals surface area (Å²) in [6.45, 7) is 0.715. The Morgan fingerprint density at radius 1 is 1.19 bits per heavy atom. The number of benzene rings is 1. The summed E-state index contributed by atoms with van der Waals surface area (Å²) in [6.07, 6.45) is 0.667. The van der Waals surface area contributed by atoms with Gasteiger partial charge in [-0.2, -0.15) is 0 Å². The van der Waals surface area contributed by atoms with Crippen molar-refractivity contribution in [1.29, 1.82) is 0 Å². The first kappa shape index (κ1) is 16.9. The van der Waals surface area contributed by atoms with Crippen molar-refractivity contribution in [3.63, 3.8) is 0 Å². The summed E-state index contributed by atoms with van der Waals surface area (Å²) in [5.41, 5.74) is -0.759. The second-order valence-electron chi connectivity index (χ2n) is 6.68. The Balaban J connectivity index is 1.39.